The number of likely N-dealkylation sites (tertiary alicyclic amines) is 1. The molecule has 0 bridgehead atoms. The average molecular weight is 284 g/mol. The van der Waals surface area contributed by atoms with Crippen LogP contribution >= 0.6 is 0 Å². The summed E-state index contributed by atoms with van der Waals surface area (Å²) >= 11 is 0. The van der Waals surface area contributed by atoms with Crippen LogP contribution in [0.1, 0.15) is 16.8 Å². The molecule has 0 spiro atoms. The van der Waals surface area contributed by atoms with Crippen molar-refractivity contribution in [2.24, 2.45) is 5.92 Å². The highest BCUT2D eigenvalue weighted by Gasteiger charge is 2.44. The quantitative estimate of drug-likeness (QED) is 0.871. The molecule has 106 valence electrons. The van der Waals surface area contributed by atoms with Gasteiger partial charge in [-0.2, -0.15) is 13.2 Å². The molecule has 1 fully saturated rings. The lowest BCUT2D eigenvalue weighted by atomic mass is 10.1. The molecule has 2 aromatic rings. The Morgan fingerprint density at radius 3 is 2.90 bits per heavy atom. The summed E-state index contributed by atoms with van der Waals surface area (Å²) in [6.07, 6.45) is -1.51. The van der Waals surface area contributed by atoms with E-state index in [9.17, 15) is 18.0 Å². The maximum Gasteiger partial charge on any atom is 0.393 e. The van der Waals surface area contributed by atoms with Crippen LogP contribution in [0.15, 0.2) is 18.6 Å². The summed E-state index contributed by atoms with van der Waals surface area (Å²) in [5, 5.41) is 0. The van der Waals surface area contributed by atoms with E-state index in [2.05, 4.69) is 15.0 Å². The highest BCUT2D eigenvalue weighted by atomic mass is 19.4. The van der Waals surface area contributed by atoms with Crippen LogP contribution in [0.2, 0.25) is 0 Å². The molecule has 20 heavy (non-hydrogen) atoms. The molecule has 8 heteroatoms. The van der Waals surface area contributed by atoms with Crippen molar-refractivity contribution in [1.82, 2.24) is 19.9 Å². The highest BCUT2D eigenvalue weighted by molar-refractivity contribution is 5.96. The number of carbonyl (C=O) groups is 1. The van der Waals surface area contributed by atoms with Crippen molar-refractivity contribution in [1.29, 1.82) is 0 Å². The SMILES string of the molecule is O=C(c1cnc2nc[nH]c2c1)N1CCC(C(F)(F)F)C1. The third-order valence-electron chi connectivity index (χ3n) is 3.46. The molecule has 2 aromatic heterocycles. The Morgan fingerprint density at radius 2 is 2.20 bits per heavy atom. The van der Waals surface area contributed by atoms with Gasteiger partial charge in [-0.15, -0.1) is 0 Å². The fraction of sp³-hybridized carbons (Fsp3) is 0.417. The summed E-state index contributed by atoms with van der Waals surface area (Å²) < 4.78 is 37.8. The maximum absolute atomic E-state index is 12.6. The third kappa shape index (κ3) is 2.21. The van der Waals surface area contributed by atoms with E-state index in [1.807, 2.05) is 0 Å². The van der Waals surface area contributed by atoms with Crippen LogP contribution < -0.4 is 0 Å². The molecule has 0 saturated carbocycles. The first kappa shape index (κ1) is 12.9. The number of rotatable bonds is 1. The van der Waals surface area contributed by atoms with Gasteiger partial charge in [0.25, 0.3) is 5.91 Å². The largest absolute Gasteiger partial charge is 0.393 e. The first-order valence-electron chi connectivity index (χ1n) is 6.10. The monoisotopic (exact) mass is 284 g/mol. The van der Waals surface area contributed by atoms with Gasteiger partial charge in [-0.25, -0.2) is 9.97 Å². The van der Waals surface area contributed by atoms with E-state index in [-0.39, 0.29) is 25.1 Å². The molecule has 1 atom stereocenters. The van der Waals surface area contributed by atoms with Crippen LogP contribution in [-0.4, -0.2) is 45.0 Å². The topological polar surface area (TPSA) is 61.9 Å². The van der Waals surface area contributed by atoms with Crippen molar-refractivity contribution >= 4 is 17.1 Å². The Kier molecular flexibility index (Phi) is 2.88. The summed E-state index contributed by atoms with van der Waals surface area (Å²) in [6, 6.07) is 1.55. The van der Waals surface area contributed by atoms with Crippen molar-refractivity contribution in [2.45, 2.75) is 12.6 Å². The van der Waals surface area contributed by atoms with Gasteiger partial charge in [0.2, 0.25) is 0 Å². The van der Waals surface area contributed by atoms with Gasteiger partial charge in [-0.05, 0) is 12.5 Å². The number of pyridine rings is 1. The predicted octanol–water partition coefficient (Wildman–Crippen LogP) is 1.98. The highest BCUT2D eigenvalue weighted by Crippen LogP contribution is 2.33. The second-order valence-electron chi connectivity index (χ2n) is 4.78. The zero-order valence-corrected chi connectivity index (χ0v) is 10.3. The Morgan fingerprint density at radius 1 is 1.40 bits per heavy atom. The number of amides is 1. The van der Waals surface area contributed by atoms with Crippen molar-refractivity contribution in [3.8, 4) is 0 Å². The van der Waals surface area contributed by atoms with E-state index in [0.29, 0.717) is 11.2 Å². The summed E-state index contributed by atoms with van der Waals surface area (Å²) in [5.41, 5.74) is 1.32. The van der Waals surface area contributed by atoms with E-state index in [0.717, 1.165) is 0 Å². The van der Waals surface area contributed by atoms with Gasteiger partial charge in [0.05, 0.1) is 23.3 Å². The second kappa shape index (κ2) is 4.46. The molecule has 0 aromatic carbocycles. The first-order chi connectivity index (χ1) is 9.45. The Bertz CT molecular complexity index is 651. The number of imidazole rings is 1. The van der Waals surface area contributed by atoms with Gasteiger partial charge in [0, 0.05) is 19.3 Å². The summed E-state index contributed by atoms with van der Waals surface area (Å²) in [6.45, 7) is -0.173. The van der Waals surface area contributed by atoms with Crippen LogP contribution in [-0.2, 0) is 0 Å². The lowest BCUT2D eigenvalue weighted by Gasteiger charge is -2.17. The molecule has 1 aliphatic rings. The zero-order valence-electron chi connectivity index (χ0n) is 10.3. The van der Waals surface area contributed by atoms with Gasteiger partial charge in [-0.1, -0.05) is 0 Å². The smallest absolute Gasteiger partial charge is 0.343 e. The van der Waals surface area contributed by atoms with Gasteiger partial charge in [0.1, 0.15) is 0 Å². The minimum atomic E-state index is -4.25. The summed E-state index contributed by atoms with van der Waals surface area (Å²) in [4.78, 5) is 24.1. The molecule has 5 nitrogen and oxygen atoms in total. The average Bonchev–Trinajstić information content (AvgIpc) is 3.05. The number of carbonyl (C=O) groups excluding carboxylic acids is 1. The summed E-state index contributed by atoms with van der Waals surface area (Å²) in [5.74, 6) is -1.86. The molecule has 0 radical (unpaired) electrons. The fourth-order valence-corrected chi connectivity index (χ4v) is 2.34. The molecule has 0 aliphatic carbocycles. The van der Waals surface area contributed by atoms with Crippen molar-refractivity contribution in [3.05, 3.63) is 24.2 Å². The number of aromatic nitrogens is 3. The zero-order chi connectivity index (χ0) is 14.3. The molecular formula is C12H11F3N4O. The van der Waals surface area contributed by atoms with Gasteiger partial charge in [0.15, 0.2) is 5.65 Å². The van der Waals surface area contributed by atoms with Gasteiger partial charge < -0.3 is 9.88 Å². The van der Waals surface area contributed by atoms with Crippen molar-refractivity contribution in [3.63, 3.8) is 0 Å². The normalized spacial score (nSPS) is 19.8. The van der Waals surface area contributed by atoms with Gasteiger partial charge in [-0.3, -0.25) is 4.79 Å². The van der Waals surface area contributed by atoms with Crippen LogP contribution in [0.25, 0.3) is 11.2 Å². The lowest BCUT2D eigenvalue weighted by molar-refractivity contribution is -0.169. The standard InChI is InChI=1S/C12H11F3N4O/c13-12(14,15)8-1-2-19(5-8)11(20)7-3-9-10(16-4-7)18-6-17-9/h3-4,6,8H,1-2,5H2,(H,16,17,18). The number of H-pyrrole nitrogens is 1. The van der Waals surface area contributed by atoms with E-state index < -0.39 is 18.0 Å². The lowest BCUT2D eigenvalue weighted by Crippen LogP contribution is -2.32. The maximum atomic E-state index is 12.6. The minimum Gasteiger partial charge on any atom is -0.343 e. The molecule has 1 unspecified atom stereocenters. The molecule has 1 aliphatic heterocycles. The van der Waals surface area contributed by atoms with Gasteiger partial charge >= 0.3 is 6.18 Å². The molecule has 3 rings (SSSR count). The number of alkyl halides is 3. The molecule has 1 saturated heterocycles. The van der Waals surface area contributed by atoms with E-state index in [1.54, 1.807) is 6.07 Å². The van der Waals surface area contributed by atoms with E-state index >= 15 is 0 Å². The van der Waals surface area contributed by atoms with Crippen molar-refractivity contribution in [2.75, 3.05) is 13.1 Å². The fourth-order valence-electron chi connectivity index (χ4n) is 2.34. The predicted molar refractivity (Wildman–Crippen MR) is 64.0 cm³/mol. The number of nitrogens with zero attached hydrogens (tertiary/aromatic N) is 3. The second-order valence-corrected chi connectivity index (χ2v) is 4.78. The van der Waals surface area contributed by atoms with Crippen LogP contribution in [0.3, 0.4) is 0 Å². The van der Waals surface area contributed by atoms with E-state index in [4.69, 9.17) is 0 Å². The first-order valence-corrected chi connectivity index (χ1v) is 6.10. The summed E-state index contributed by atoms with van der Waals surface area (Å²) in [7, 11) is 0. The molecule has 1 amide bonds. The Balaban J connectivity index is 1.79. The van der Waals surface area contributed by atoms with Crippen molar-refractivity contribution < 1.29 is 18.0 Å². The Labute approximate surface area is 111 Å². The minimum absolute atomic E-state index is 0.0467. The number of halogens is 3. The molecular weight excluding hydrogens is 273 g/mol. The number of aromatic amines is 1. The molecule has 1 N–H and O–H groups in total. The number of nitrogens with one attached hydrogen (secondary N) is 1. The van der Waals surface area contributed by atoms with Crippen LogP contribution in [0.4, 0.5) is 13.2 Å². The van der Waals surface area contributed by atoms with E-state index in [1.165, 1.54) is 17.4 Å². The number of fused-ring (bicyclic) bond motifs is 1. The molecule has 3 heterocycles. The van der Waals surface area contributed by atoms with Crippen LogP contribution in [0, 0.1) is 5.92 Å². The number of hydrogen-bond acceptors (Lipinski definition) is 3. The Hall–Kier alpha value is -2.12. The number of hydrogen-bond donors (Lipinski definition) is 1. The van der Waals surface area contributed by atoms with Crippen LogP contribution in [0.5, 0.6) is 0 Å². The third-order valence-corrected chi connectivity index (χ3v) is 3.46.